The van der Waals surface area contributed by atoms with Crippen molar-refractivity contribution < 1.29 is 9.53 Å². The lowest BCUT2D eigenvalue weighted by Gasteiger charge is -2.16. The molecule has 0 atom stereocenters. The van der Waals surface area contributed by atoms with Gasteiger partial charge in [0.15, 0.2) is 6.61 Å². The van der Waals surface area contributed by atoms with Gasteiger partial charge in [-0.15, -0.1) is 0 Å². The number of aromatic nitrogens is 3. The molecule has 4 rings (SSSR count). The Labute approximate surface area is 162 Å². The lowest BCUT2D eigenvalue weighted by atomic mass is 10.2. The number of hydrogen-bond donors (Lipinski definition) is 2. The van der Waals surface area contributed by atoms with E-state index in [0.717, 1.165) is 48.1 Å². The van der Waals surface area contributed by atoms with E-state index in [2.05, 4.69) is 30.4 Å². The largest absolute Gasteiger partial charge is 0.467 e. The van der Waals surface area contributed by atoms with E-state index in [9.17, 15) is 4.79 Å². The van der Waals surface area contributed by atoms with Gasteiger partial charge in [-0.05, 0) is 25.8 Å². The highest BCUT2D eigenvalue weighted by atomic mass is 16.5. The second kappa shape index (κ2) is 8.08. The van der Waals surface area contributed by atoms with Crippen molar-refractivity contribution in [3.63, 3.8) is 0 Å². The average molecular weight is 378 g/mol. The molecule has 2 N–H and O–H groups in total. The van der Waals surface area contributed by atoms with Gasteiger partial charge in [0.2, 0.25) is 11.8 Å². The van der Waals surface area contributed by atoms with Gasteiger partial charge < -0.3 is 14.6 Å². The standard InChI is InChI=1S/C20H22N6O2/c1-14-10-19(24-20(23-14)26-8-4-5-9-26)28-13-18(27)25-22-12-15-11-21-17-7-3-2-6-16(15)17/h2-3,6-7,10-12,21H,4-5,8-9,13H2,1H3,(H,25,27). The van der Waals surface area contributed by atoms with Crippen LogP contribution >= 0.6 is 0 Å². The fraction of sp³-hybridized carbons (Fsp3) is 0.300. The van der Waals surface area contributed by atoms with Gasteiger partial charge in [0.25, 0.3) is 5.91 Å². The van der Waals surface area contributed by atoms with Gasteiger partial charge in [0, 0.05) is 47.5 Å². The molecule has 0 aliphatic carbocycles. The van der Waals surface area contributed by atoms with Crippen LogP contribution in [0.1, 0.15) is 24.1 Å². The SMILES string of the molecule is Cc1cc(OCC(=O)NN=Cc2c[nH]c3ccccc23)nc(N2CCCC2)n1. The number of fused-ring (bicyclic) bond motifs is 1. The number of aryl methyl sites for hydroxylation is 1. The maximum atomic E-state index is 12.0. The van der Waals surface area contributed by atoms with Gasteiger partial charge in [0.05, 0.1) is 6.21 Å². The quantitative estimate of drug-likeness (QED) is 0.507. The fourth-order valence-corrected chi connectivity index (χ4v) is 3.20. The number of carbonyl (C=O) groups excluding carboxylic acids is 1. The molecular weight excluding hydrogens is 356 g/mol. The van der Waals surface area contributed by atoms with Crippen molar-refractivity contribution >= 4 is 29.0 Å². The first-order valence-corrected chi connectivity index (χ1v) is 9.30. The van der Waals surface area contributed by atoms with Gasteiger partial charge >= 0.3 is 0 Å². The van der Waals surface area contributed by atoms with E-state index in [1.807, 2.05) is 37.4 Å². The third kappa shape index (κ3) is 4.11. The summed E-state index contributed by atoms with van der Waals surface area (Å²) in [5.41, 5.74) is 5.21. The van der Waals surface area contributed by atoms with Crippen LogP contribution in [0.25, 0.3) is 10.9 Å². The normalized spacial score (nSPS) is 14.1. The molecule has 0 bridgehead atoms. The number of aromatic amines is 1. The summed E-state index contributed by atoms with van der Waals surface area (Å²) in [6, 6.07) is 9.62. The summed E-state index contributed by atoms with van der Waals surface area (Å²) in [5.74, 6) is 0.700. The highest BCUT2D eigenvalue weighted by molar-refractivity contribution is 5.99. The van der Waals surface area contributed by atoms with Crippen LogP contribution in [0.3, 0.4) is 0 Å². The van der Waals surface area contributed by atoms with E-state index in [1.54, 1.807) is 12.3 Å². The number of rotatable bonds is 6. The molecule has 1 amide bonds. The molecule has 3 heterocycles. The van der Waals surface area contributed by atoms with E-state index in [-0.39, 0.29) is 12.5 Å². The number of amides is 1. The fourth-order valence-electron chi connectivity index (χ4n) is 3.20. The summed E-state index contributed by atoms with van der Waals surface area (Å²) in [7, 11) is 0. The smallest absolute Gasteiger partial charge is 0.278 e. The molecule has 1 aliphatic rings. The lowest BCUT2D eigenvalue weighted by Crippen LogP contribution is -2.25. The predicted molar refractivity (Wildman–Crippen MR) is 108 cm³/mol. The number of ether oxygens (including phenoxy) is 1. The van der Waals surface area contributed by atoms with Crippen molar-refractivity contribution in [3.05, 3.63) is 47.8 Å². The second-order valence-corrected chi connectivity index (χ2v) is 6.71. The Bertz CT molecular complexity index is 1010. The number of nitrogens with one attached hydrogen (secondary N) is 2. The number of para-hydroxylation sites is 1. The van der Waals surface area contributed by atoms with Gasteiger partial charge in [0.1, 0.15) is 0 Å². The molecule has 0 radical (unpaired) electrons. The summed E-state index contributed by atoms with van der Waals surface area (Å²) >= 11 is 0. The van der Waals surface area contributed by atoms with Gasteiger partial charge in [-0.3, -0.25) is 4.79 Å². The topological polar surface area (TPSA) is 95.5 Å². The van der Waals surface area contributed by atoms with Crippen molar-refractivity contribution in [2.75, 3.05) is 24.6 Å². The van der Waals surface area contributed by atoms with Crippen molar-refractivity contribution in [2.24, 2.45) is 5.10 Å². The summed E-state index contributed by atoms with van der Waals surface area (Å²) in [5, 5.41) is 5.05. The van der Waals surface area contributed by atoms with Crippen molar-refractivity contribution in [2.45, 2.75) is 19.8 Å². The van der Waals surface area contributed by atoms with Crippen molar-refractivity contribution in [1.82, 2.24) is 20.4 Å². The molecule has 0 spiro atoms. The minimum absolute atomic E-state index is 0.166. The maximum Gasteiger partial charge on any atom is 0.278 e. The maximum absolute atomic E-state index is 12.0. The van der Waals surface area contributed by atoms with Gasteiger partial charge in [-0.2, -0.15) is 10.1 Å². The third-order valence-electron chi connectivity index (χ3n) is 4.57. The van der Waals surface area contributed by atoms with Crippen LogP contribution in [0, 0.1) is 6.92 Å². The lowest BCUT2D eigenvalue weighted by molar-refractivity contribution is -0.123. The van der Waals surface area contributed by atoms with Gasteiger partial charge in [-0.1, -0.05) is 18.2 Å². The number of hydrazone groups is 1. The first-order chi connectivity index (χ1) is 13.7. The van der Waals surface area contributed by atoms with Crippen LogP contribution in [0.5, 0.6) is 5.88 Å². The number of benzene rings is 1. The van der Waals surface area contributed by atoms with Crippen LogP contribution in [-0.2, 0) is 4.79 Å². The molecule has 8 nitrogen and oxygen atoms in total. The van der Waals surface area contributed by atoms with E-state index in [1.165, 1.54) is 0 Å². The van der Waals surface area contributed by atoms with E-state index >= 15 is 0 Å². The molecule has 1 fully saturated rings. The highest BCUT2D eigenvalue weighted by Crippen LogP contribution is 2.19. The molecular formula is C20H22N6O2. The molecule has 1 aliphatic heterocycles. The molecule has 1 aromatic carbocycles. The molecule has 3 aromatic rings. The van der Waals surface area contributed by atoms with E-state index in [4.69, 9.17) is 4.74 Å². The van der Waals surface area contributed by atoms with Crippen molar-refractivity contribution in [1.29, 1.82) is 0 Å². The monoisotopic (exact) mass is 378 g/mol. The zero-order valence-corrected chi connectivity index (χ0v) is 15.7. The number of hydrogen-bond acceptors (Lipinski definition) is 6. The van der Waals surface area contributed by atoms with Crippen LogP contribution in [0.2, 0.25) is 0 Å². The molecule has 8 heteroatoms. The van der Waals surface area contributed by atoms with Crippen LogP contribution in [-0.4, -0.2) is 46.8 Å². The number of nitrogens with zero attached hydrogens (tertiary/aromatic N) is 4. The molecule has 0 unspecified atom stereocenters. The summed E-state index contributed by atoms with van der Waals surface area (Å²) in [6.45, 7) is 3.62. The zero-order chi connectivity index (χ0) is 19.3. The van der Waals surface area contributed by atoms with Crippen molar-refractivity contribution in [3.8, 4) is 5.88 Å². The molecule has 0 saturated carbocycles. The Morgan fingerprint density at radius 1 is 1.32 bits per heavy atom. The Hall–Kier alpha value is -3.42. The van der Waals surface area contributed by atoms with E-state index < -0.39 is 0 Å². The predicted octanol–water partition coefficient (Wildman–Crippen LogP) is 2.40. The molecule has 28 heavy (non-hydrogen) atoms. The van der Waals surface area contributed by atoms with Crippen LogP contribution < -0.4 is 15.1 Å². The summed E-state index contributed by atoms with van der Waals surface area (Å²) in [6.07, 6.45) is 5.74. The Morgan fingerprint density at radius 3 is 3.00 bits per heavy atom. The third-order valence-corrected chi connectivity index (χ3v) is 4.57. The number of carbonyl (C=O) groups is 1. The minimum Gasteiger partial charge on any atom is -0.467 e. The zero-order valence-electron chi connectivity index (χ0n) is 15.7. The van der Waals surface area contributed by atoms with Crippen LogP contribution in [0.15, 0.2) is 41.6 Å². The van der Waals surface area contributed by atoms with E-state index in [0.29, 0.717) is 11.8 Å². The average Bonchev–Trinajstić information content (AvgIpc) is 3.36. The number of anilines is 1. The van der Waals surface area contributed by atoms with Crippen LogP contribution in [0.4, 0.5) is 5.95 Å². The Morgan fingerprint density at radius 2 is 2.14 bits per heavy atom. The minimum atomic E-state index is -0.352. The van der Waals surface area contributed by atoms with Gasteiger partial charge in [-0.25, -0.2) is 10.4 Å². The molecule has 2 aromatic heterocycles. The molecule has 144 valence electrons. The Kier molecular flexibility index (Phi) is 5.18. The summed E-state index contributed by atoms with van der Waals surface area (Å²) in [4.78, 5) is 26.2. The summed E-state index contributed by atoms with van der Waals surface area (Å²) < 4.78 is 5.54. The molecule has 1 saturated heterocycles. The Balaban J connectivity index is 1.33. The highest BCUT2D eigenvalue weighted by Gasteiger charge is 2.16. The first-order valence-electron chi connectivity index (χ1n) is 9.30. The second-order valence-electron chi connectivity index (χ2n) is 6.71. The first kappa shape index (κ1) is 18.0. The number of H-pyrrole nitrogens is 1.